The van der Waals surface area contributed by atoms with Gasteiger partial charge in [0, 0.05) is 4.47 Å². The Morgan fingerprint density at radius 1 is 1.44 bits per heavy atom. The van der Waals surface area contributed by atoms with Crippen LogP contribution in [0.25, 0.3) is 0 Å². The maximum atomic E-state index is 13.8. The van der Waals surface area contributed by atoms with Crippen molar-refractivity contribution in [1.29, 1.82) is 0 Å². The summed E-state index contributed by atoms with van der Waals surface area (Å²) < 4.78 is 14.8. The van der Waals surface area contributed by atoms with E-state index in [1.807, 2.05) is 13.1 Å². The van der Waals surface area contributed by atoms with E-state index < -0.39 is 0 Å². The second-order valence-corrected chi connectivity index (χ2v) is 5.44. The molecular formula is C13H17BrFN. The summed E-state index contributed by atoms with van der Waals surface area (Å²) in [6, 6.07) is 5.27. The fourth-order valence-electron chi connectivity index (χ4n) is 2.75. The van der Waals surface area contributed by atoms with Crippen molar-refractivity contribution >= 4 is 15.9 Å². The first-order chi connectivity index (χ1) is 7.72. The van der Waals surface area contributed by atoms with Crippen LogP contribution in [0.5, 0.6) is 0 Å². The molecule has 2 unspecified atom stereocenters. The summed E-state index contributed by atoms with van der Waals surface area (Å²) in [5.41, 5.74) is 0.882. The molecule has 2 atom stereocenters. The lowest BCUT2D eigenvalue weighted by Crippen LogP contribution is -2.21. The maximum absolute atomic E-state index is 13.8. The van der Waals surface area contributed by atoms with E-state index in [9.17, 15) is 4.39 Å². The van der Waals surface area contributed by atoms with Gasteiger partial charge in [-0.2, -0.15) is 0 Å². The van der Waals surface area contributed by atoms with Crippen LogP contribution in [0.4, 0.5) is 4.39 Å². The standard InChI is InChI=1S/C13H17BrFN/c1-16-8-9-3-2-4-11(9)12-7-10(14)5-6-13(12)15/h5-7,9,11,16H,2-4,8H2,1H3. The lowest BCUT2D eigenvalue weighted by Gasteiger charge is -2.20. The van der Waals surface area contributed by atoms with Crippen LogP contribution in [-0.2, 0) is 0 Å². The number of halogens is 2. The lowest BCUT2D eigenvalue weighted by atomic mass is 9.88. The second kappa shape index (κ2) is 5.28. The summed E-state index contributed by atoms with van der Waals surface area (Å²) >= 11 is 3.42. The molecule has 2 rings (SSSR count). The molecule has 0 spiro atoms. The lowest BCUT2D eigenvalue weighted by molar-refractivity contribution is 0.447. The van der Waals surface area contributed by atoms with Crippen molar-refractivity contribution in [1.82, 2.24) is 5.32 Å². The van der Waals surface area contributed by atoms with Crippen LogP contribution in [0.1, 0.15) is 30.7 Å². The molecule has 0 heterocycles. The summed E-state index contributed by atoms with van der Waals surface area (Å²) in [5.74, 6) is 0.898. The van der Waals surface area contributed by atoms with Crippen LogP contribution in [0, 0.1) is 11.7 Å². The second-order valence-electron chi connectivity index (χ2n) is 4.52. The van der Waals surface area contributed by atoms with Gasteiger partial charge in [-0.05, 0) is 62.0 Å². The van der Waals surface area contributed by atoms with E-state index >= 15 is 0 Å². The van der Waals surface area contributed by atoms with Crippen LogP contribution in [0.2, 0.25) is 0 Å². The van der Waals surface area contributed by atoms with E-state index in [1.165, 1.54) is 12.8 Å². The van der Waals surface area contributed by atoms with E-state index in [-0.39, 0.29) is 5.82 Å². The highest BCUT2D eigenvalue weighted by Crippen LogP contribution is 2.40. The number of nitrogens with one attached hydrogen (secondary N) is 1. The van der Waals surface area contributed by atoms with Gasteiger partial charge in [0.15, 0.2) is 0 Å². The van der Waals surface area contributed by atoms with Gasteiger partial charge in [0.25, 0.3) is 0 Å². The Kier molecular flexibility index (Phi) is 3.98. The van der Waals surface area contributed by atoms with Gasteiger partial charge in [0.05, 0.1) is 0 Å². The highest BCUT2D eigenvalue weighted by atomic mass is 79.9. The van der Waals surface area contributed by atoms with Crippen molar-refractivity contribution in [3.05, 3.63) is 34.1 Å². The van der Waals surface area contributed by atoms with Crippen molar-refractivity contribution < 1.29 is 4.39 Å². The van der Waals surface area contributed by atoms with Gasteiger partial charge in [0.2, 0.25) is 0 Å². The Morgan fingerprint density at radius 2 is 2.25 bits per heavy atom. The SMILES string of the molecule is CNCC1CCCC1c1cc(Br)ccc1F. The Morgan fingerprint density at radius 3 is 3.00 bits per heavy atom. The van der Waals surface area contributed by atoms with E-state index in [2.05, 4.69) is 21.2 Å². The van der Waals surface area contributed by atoms with Crippen LogP contribution in [0.3, 0.4) is 0 Å². The molecule has 1 fully saturated rings. The summed E-state index contributed by atoms with van der Waals surface area (Å²) in [5, 5.41) is 3.21. The minimum Gasteiger partial charge on any atom is -0.319 e. The summed E-state index contributed by atoms with van der Waals surface area (Å²) in [4.78, 5) is 0. The highest BCUT2D eigenvalue weighted by Gasteiger charge is 2.29. The van der Waals surface area contributed by atoms with E-state index in [0.717, 1.165) is 23.0 Å². The van der Waals surface area contributed by atoms with Gasteiger partial charge in [-0.15, -0.1) is 0 Å². The van der Waals surface area contributed by atoms with Crippen LogP contribution in [-0.4, -0.2) is 13.6 Å². The summed E-state index contributed by atoms with van der Waals surface area (Å²) in [6.45, 7) is 0.983. The Balaban J connectivity index is 2.25. The first-order valence-electron chi connectivity index (χ1n) is 5.82. The monoisotopic (exact) mass is 285 g/mol. The molecule has 1 aromatic carbocycles. The molecule has 0 aromatic heterocycles. The van der Waals surface area contributed by atoms with E-state index in [1.54, 1.807) is 12.1 Å². The predicted molar refractivity (Wildman–Crippen MR) is 68.1 cm³/mol. The van der Waals surface area contributed by atoms with Crippen LogP contribution in [0.15, 0.2) is 22.7 Å². The number of benzene rings is 1. The smallest absolute Gasteiger partial charge is 0.126 e. The molecule has 0 radical (unpaired) electrons. The molecule has 0 amide bonds. The van der Waals surface area contributed by atoms with Gasteiger partial charge in [-0.25, -0.2) is 4.39 Å². The summed E-state index contributed by atoms with van der Waals surface area (Å²) in [6.07, 6.45) is 3.53. The van der Waals surface area contributed by atoms with Gasteiger partial charge >= 0.3 is 0 Å². The number of hydrogen-bond donors (Lipinski definition) is 1. The van der Waals surface area contributed by atoms with E-state index in [4.69, 9.17) is 0 Å². The zero-order chi connectivity index (χ0) is 11.5. The van der Waals surface area contributed by atoms with Gasteiger partial charge in [0.1, 0.15) is 5.82 Å². The Labute approximate surface area is 105 Å². The average Bonchev–Trinajstić information content (AvgIpc) is 2.70. The van der Waals surface area contributed by atoms with Crippen molar-refractivity contribution in [3.63, 3.8) is 0 Å². The quantitative estimate of drug-likeness (QED) is 0.893. The topological polar surface area (TPSA) is 12.0 Å². The Hall–Kier alpha value is -0.410. The third kappa shape index (κ3) is 2.46. The maximum Gasteiger partial charge on any atom is 0.126 e. The molecule has 0 aliphatic heterocycles. The number of hydrogen-bond acceptors (Lipinski definition) is 1. The Bertz CT molecular complexity index is 367. The minimum atomic E-state index is -0.0591. The molecule has 0 bridgehead atoms. The number of rotatable bonds is 3. The normalized spacial score (nSPS) is 24.9. The molecule has 1 N–H and O–H groups in total. The van der Waals surface area contributed by atoms with Crippen LogP contribution < -0.4 is 5.32 Å². The fraction of sp³-hybridized carbons (Fsp3) is 0.538. The van der Waals surface area contributed by atoms with Crippen molar-refractivity contribution in [3.8, 4) is 0 Å². The first kappa shape index (κ1) is 12.1. The van der Waals surface area contributed by atoms with Crippen molar-refractivity contribution in [2.24, 2.45) is 5.92 Å². The molecule has 3 heteroatoms. The molecule has 88 valence electrons. The largest absolute Gasteiger partial charge is 0.319 e. The van der Waals surface area contributed by atoms with Crippen molar-refractivity contribution in [2.75, 3.05) is 13.6 Å². The highest BCUT2D eigenvalue weighted by molar-refractivity contribution is 9.10. The molecule has 1 aromatic rings. The molecule has 1 nitrogen and oxygen atoms in total. The molecule has 1 saturated carbocycles. The van der Waals surface area contributed by atoms with Crippen molar-refractivity contribution in [2.45, 2.75) is 25.2 Å². The molecule has 1 aliphatic carbocycles. The third-order valence-electron chi connectivity index (χ3n) is 3.48. The third-order valence-corrected chi connectivity index (χ3v) is 3.98. The van der Waals surface area contributed by atoms with Gasteiger partial charge < -0.3 is 5.32 Å². The zero-order valence-corrected chi connectivity index (χ0v) is 11.1. The molecular weight excluding hydrogens is 269 g/mol. The average molecular weight is 286 g/mol. The van der Waals surface area contributed by atoms with Gasteiger partial charge in [-0.1, -0.05) is 22.4 Å². The van der Waals surface area contributed by atoms with Gasteiger partial charge in [-0.3, -0.25) is 0 Å². The van der Waals surface area contributed by atoms with Crippen LogP contribution >= 0.6 is 15.9 Å². The zero-order valence-electron chi connectivity index (χ0n) is 9.47. The van der Waals surface area contributed by atoms with E-state index in [0.29, 0.717) is 11.8 Å². The molecule has 0 saturated heterocycles. The minimum absolute atomic E-state index is 0.0591. The predicted octanol–water partition coefficient (Wildman–Crippen LogP) is 3.69. The summed E-state index contributed by atoms with van der Waals surface area (Å²) in [7, 11) is 1.96. The first-order valence-corrected chi connectivity index (χ1v) is 6.61. The molecule has 1 aliphatic rings. The molecule has 16 heavy (non-hydrogen) atoms. The fourth-order valence-corrected chi connectivity index (χ4v) is 3.13.